The van der Waals surface area contributed by atoms with Crippen LogP contribution in [-0.2, 0) is 24.2 Å². The number of morpholine rings is 1. The Kier molecular flexibility index (Phi) is 3.96. The van der Waals surface area contributed by atoms with E-state index in [1.54, 1.807) is 0 Å². The van der Waals surface area contributed by atoms with Crippen molar-refractivity contribution in [1.82, 2.24) is 14.7 Å². The second kappa shape index (κ2) is 5.54. The summed E-state index contributed by atoms with van der Waals surface area (Å²) in [5.41, 5.74) is 2.49. The van der Waals surface area contributed by atoms with E-state index in [1.165, 1.54) is 28.7 Å². The van der Waals surface area contributed by atoms with Crippen LogP contribution in [0.3, 0.4) is 0 Å². The van der Waals surface area contributed by atoms with Gasteiger partial charge in [0, 0.05) is 26.2 Å². The van der Waals surface area contributed by atoms with Gasteiger partial charge in [-0.15, -0.1) is 0 Å². The molecule has 0 aromatic carbocycles. The van der Waals surface area contributed by atoms with Crippen molar-refractivity contribution in [3.05, 3.63) is 15.9 Å². The SMILES string of the molecule is CCc1nn(CC)c(CN2CC3CCC(C2)O3)c1Br. The van der Waals surface area contributed by atoms with Crippen LogP contribution in [0.25, 0.3) is 0 Å². The van der Waals surface area contributed by atoms with Gasteiger partial charge in [-0.1, -0.05) is 6.92 Å². The molecule has 0 amide bonds. The van der Waals surface area contributed by atoms with Crippen LogP contribution < -0.4 is 0 Å². The van der Waals surface area contributed by atoms with E-state index < -0.39 is 0 Å². The van der Waals surface area contributed by atoms with Crippen molar-refractivity contribution >= 4 is 15.9 Å². The number of halogens is 1. The maximum atomic E-state index is 5.90. The molecule has 5 heteroatoms. The molecule has 2 saturated heterocycles. The lowest BCUT2D eigenvalue weighted by molar-refractivity contribution is -0.0418. The minimum Gasteiger partial charge on any atom is -0.372 e. The summed E-state index contributed by atoms with van der Waals surface area (Å²) >= 11 is 3.73. The highest BCUT2D eigenvalue weighted by Gasteiger charge is 2.34. The van der Waals surface area contributed by atoms with E-state index >= 15 is 0 Å². The van der Waals surface area contributed by atoms with Crippen LogP contribution in [0.4, 0.5) is 0 Å². The van der Waals surface area contributed by atoms with Crippen molar-refractivity contribution in [2.24, 2.45) is 0 Å². The van der Waals surface area contributed by atoms with E-state index in [1.807, 2.05) is 0 Å². The van der Waals surface area contributed by atoms with Crippen LogP contribution in [0, 0.1) is 0 Å². The van der Waals surface area contributed by atoms with Gasteiger partial charge in [-0.05, 0) is 42.1 Å². The molecule has 0 saturated carbocycles. The Morgan fingerprint density at radius 1 is 1.26 bits per heavy atom. The summed E-state index contributed by atoms with van der Waals surface area (Å²) in [5, 5.41) is 4.68. The van der Waals surface area contributed by atoms with Gasteiger partial charge in [0.2, 0.25) is 0 Å². The van der Waals surface area contributed by atoms with Crippen molar-refractivity contribution in [2.45, 2.75) is 58.4 Å². The molecule has 0 N–H and O–H groups in total. The van der Waals surface area contributed by atoms with E-state index in [4.69, 9.17) is 4.74 Å². The van der Waals surface area contributed by atoms with Gasteiger partial charge in [0.1, 0.15) is 0 Å². The molecule has 1 aromatic rings. The molecule has 2 unspecified atom stereocenters. The summed E-state index contributed by atoms with van der Waals surface area (Å²) in [6.07, 6.45) is 4.36. The fourth-order valence-corrected chi connectivity index (χ4v) is 3.90. The summed E-state index contributed by atoms with van der Waals surface area (Å²) in [7, 11) is 0. The Hall–Kier alpha value is -0.390. The Morgan fingerprint density at radius 2 is 1.95 bits per heavy atom. The summed E-state index contributed by atoms with van der Waals surface area (Å²) in [6.45, 7) is 8.37. The molecule has 0 spiro atoms. The van der Waals surface area contributed by atoms with E-state index in [2.05, 4.69) is 44.5 Å². The molecule has 1 aromatic heterocycles. The average molecular weight is 328 g/mol. The smallest absolute Gasteiger partial charge is 0.0767 e. The van der Waals surface area contributed by atoms with Crippen molar-refractivity contribution < 1.29 is 4.74 Å². The molecular weight excluding hydrogens is 306 g/mol. The molecular formula is C14H22BrN3O. The number of fused-ring (bicyclic) bond motifs is 2. The average Bonchev–Trinajstić information content (AvgIpc) is 2.91. The highest BCUT2D eigenvalue weighted by atomic mass is 79.9. The standard InChI is InChI=1S/C14H22BrN3O/c1-3-12-14(15)13(18(4-2)16-12)9-17-7-10-5-6-11(8-17)19-10/h10-11H,3-9H2,1-2H3. The number of rotatable bonds is 4. The predicted octanol–water partition coefficient (Wildman–Crippen LogP) is 2.59. The van der Waals surface area contributed by atoms with E-state index in [-0.39, 0.29) is 0 Å². The highest BCUT2D eigenvalue weighted by Crippen LogP contribution is 2.29. The quantitative estimate of drug-likeness (QED) is 0.851. The minimum atomic E-state index is 0.459. The Bertz CT molecular complexity index is 448. The van der Waals surface area contributed by atoms with E-state index in [0.29, 0.717) is 12.2 Å². The maximum Gasteiger partial charge on any atom is 0.0767 e. The predicted molar refractivity (Wildman–Crippen MR) is 78.2 cm³/mol. The molecule has 2 bridgehead atoms. The molecule has 4 nitrogen and oxygen atoms in total. The minimum absolute atomic E-state index is 0.459. The molecule has 2 aliphatic rings. The monoisotopic (exact) mass is 327 g/mol. The molecule has 0 radical (unpaired) electrons. The second-order valence-corrected chi connectivity index (χ2v) is 6.32. The largest absolute Gasteiger partial charge is 0.372 e. The molecule has 2 atom stereocenters. The molecule has 3 rings (SSSR count). The molecule has 2 fully saturated rings. The van der Waals surface area contributed by atoms with Gasteiger partial charge in [-0.2, -0.15) is 5.10 Å². The van der Waals surface area contributed by atoms with E-state index in [9.17, 15) is 0 Å². The van der Waals surface area contributed by atoms with Gasteiger partial charge in [0.15, 0.2) is 0 Å². The topological polar surface area (TPSA) is 30.3 Å². The van der Waals surface area contributed by atoms with Crippen LogP contribution in [0.2, 0.25) is 0 Å². The third kappa shape index (κ3) is 2.60. The number of aromatic nitrogens is 2. The number of ether oxygens (including phenoxy) is 1. The van der Waals surface area contributed by atoms with Gasteiger partial charge in [-0.3, -0.25) is 9.58 Å². The fraction of sp³-hybridized carbons (Fsp3) is 0.786. The molecule has 19 heavy (non-hydrogen) atoms. The third-order valence-electron chi connectivity index (χ3n) is 4.19. The number of hydrogen-bond acceptors (Lipinski definition) is 3. The van der Waals surface area contributed by atoms with Gasteiger partial charge >= 0.3 is 0 Å². The Labute approximate surface area is 123 Å². The first-order valence-corrected chi connectivity index (χ1v) is 8.12. The number of nitrogens with zero attached hydrogens (tertiary/aromatic N) is 3. The van der Waals surface area contributed by atoms with Crippen molar-refractivity contribution in [3.63, 3.8) is 0 Å². The lowest BCUT2D eigenvalue weighted by Crippen LogP contribution is -2.42. The van der Waals surface area contributed by atoms with Crippen molar-refractivity contribution in [2.75, 3.05) is 13.1 Å². The van der Waals surface area contributed by atoms with Crippen LogP contribution in [-0.4, -0.2) is 40.0 Å². The second-order valence-electron chi connectivity index (χ2n) is 5.53. The summed E-state index contributed by atoms with van der Waals surface area (Å²) < 4.78 is 9.25. The summed E-state index contributed by atoms with van der Waals surface area (Å²) in [6, 6.07) is 0. The van der Waals surface area contributed by atoms with E-state index in [0.717, 1.165) is 32.6 Å². The zero-order valence-electron chi connectivity index (χ0n) is 11.7. The molecule has 3 heterocycles. The first-order chi connectivity index (χ1) is 9.21. The zero-order valence-corrected chi connectivity index (χ0v) is 13.3. The maximum absolute atomic E-state index is 5.90. The Balaban J connectivity index is 1.77. The highest BCUT2D eigenvalue weighted by molar-refractivity contribution is 9.10. The zero-order chi connectivity index (χ0) is 13.4. The first kappa shape index (κ1) is 13.6. The normalized spacial score (nSPS) is 27.1. The van der Waals surface area contributed by atoms with Gasteiger partial charge in [0.05, 0.1) is 28.1 Å². The number of likely N-dealkylation sites (tertiary alicyclic amines) is 1. The first-order valence-electron chi connectivity index (χ1n) is 7.33. The molecule has 106 valence electrons. The third-order valence-corrected chi connectivity index (χ3v) is 5.10. The van der Waals surface area contributed by atoms with Gasteiger partial charge in [0.25, 0.3) is 0 Å². The van der Waals surface area contributed by atoms with Crippen LogP contribution in [0.1, 0.15) is 38.1 Å². The van der Waals surface area contributed by atoms with Crippen LogP contribution in [0.5, 0.6) is 0 Å². The van der Waals surface area contributed by atoms with Crippen LogP contribution >= 0.6 is 15.9 Å². The summed E-state index contributed by atoms with van der Waals surface area (Å²) in [5.74, 6) is 0. The lowest BCUT2D eigenvalue weighted by atomic mass is 10.2. The number of hydrogen-bond donors (Lipinski definition) is 0. The lowest BCUT2D eigenvalue weighted by Gasteiger charge is -2.32. The van der Waals surface area contributed by atoms with Crippen molar-refractivity contribution in [3.8, 4) is 0 Å². The number of aryl methyl sites for hydroxylation is 2. The van der Waals surface area contributed by atoms with Crippen LogP contribution in [0.15, 0.2) is 4.47 Å². The Morgan fingerprint density at radius 3 is 2.53 bits per heavy atom. The van der Waals surface area contributed by atoms with Gasteiger partial charge < -0.3 is 4.74 Å². The fourth-order valence-electron chi connectivity index (χ4n) is 3.21. The summed E-state index contributed by atoms with van der Waals surface area (Å²) in [4.78, 5) is 2.53. The molecule has 0 aliphatic carbocycles. The van der Waals surface area contributed by atoms with Gasteiger partial charge in [-0.25, -0.2) is 0 Å². The van der Waals surface area contributed by atoms with Crippen molar-refractivity contribution in [1.29, 1.82) is 0 Å². The molecule has 2 aliphatic heterocycles.